The van der Waals surface area contributed by atoms with E-state index >= 15 is 0 Å². The minimum atomic E-state index is -0.786. The molecule has 1 atom stereocenters. The van der Waals surface area contributed by atoms with Crippen LogP contribution in [0.2, 0.25) is 0 Å². The fraction of sp³-hybridized carbons (Fsp3) is 0.278. The lowest BCUT2D eigenvalue weighted by atomic mass is 10.0. The molecule has 5 nitrogen and oxygen atoms in total. The number of aliphatic carboxylic acids is 1. The smallest absolute Gasteiger partial charge is 0.326 e. The Kier molecular flexibility index (Phi) is 3.69. The molecule has 1 aromatic carbocycles. The second-order valence-electron chi connectivity index (χ2n) is 6.08. The molecule has 122 valence electrons. The molecule has 0 radical (unpaired) electrons. The molecule has 24 heavy (non-hydrogen) atoms. The van der Waals surface area contributed by atoms with E-state index in [2.05, 4.69) is 46.5 Å². The number of hydrogen-bond acceptors (Lipinski definition) is 5. The molecule has 0 saturated carbocycles. The monoisotopic (exact) mass is 339 g/mol. The second kappa shape index (κ2) is 5.87. The highest BCUT2D eigenvalue weighted by Crippen LogP contribution is 2.39. The number of carboxylic acid groups (broad SMARTS) is 1. The van der Waals surface area contributed by atoms with Gasteiger partial charge in [-0.2, -0.15) is 0 Å². The van der Waals surface area contributed by atoms with Crippen molar-refractivity contribution in [1.29, 1.82) is 0 Å². The van der Waals surface area contributed by atoms with Crippen LogP contribution in [0.3, 0.4) is 0 Å². The number of rotatable bonds is 3. The lowest BCUT2D eigenvalue weighted by Gasteiger charge is -2.23. The van der Waals surface area contributed by atoms with Crippen LogP contribution in [0.25, 0.3) is 21.3 Å². The first-order valence-corrected chi connectivity index (χ1v) is 8.82. The van der Waals surface area contributed by atoms with Gasteiger partial charge >= 0.3 is 5.97 Å². The van der Waals surface area contributed by atoms with Crippen molar-refractivity contribution in [2.75, 3.05) is 11.4 Å². The van der Waals surface area contributed by atoms with Crippen LogP contribution >= 0.6 is 11.3 Å². The molecular weight excluding hydrogens is 322 g/mol. The third-order valence-electron chi connectivity index (χ3n) is 4.52. The summed E-state index contributed by atoms with van der Waals surface area (Å²) in [6.07, 6.45) is 3.06. The predicted octanol–water partition coefficient (Wildman–Crippen LogP) is 3.72. The number of carbonyl (C=O) groups is 1. The maximum Gasteiger partial charge on any atom is 0.326 e. The van der Waals surface area contributed by atoms with Gasteiger partial charge in [-0.15, -0.1) is 11.3 Å². The Morgan fingerprint density at radius 3 is 2.83 bits per heavy atom. The minimum absolute atomic E-state index is 0.506. The lowest BCUT2D eigenvalue weighted by molar-refractivity contribution is -0.138. The van der Waals surface area contributed by atoms with Crippen molar-refractivity contribution >= 4 is 33.3 Å². The van der Waals surface area contributed by atoms with Crippen molar-refractivity contribution in [3.63, 3.8) is 0 Å². The van der Waals surface area contributed by atoms with Gasteiger partial charge in [0.1, 0.15) is 23.0 Å². The average molecular weight is 339 g/mol. The Labute approximate surface area is 143 Å². The van der Waals surface area contributed by atoms with E-state index in [0.717, 1.165) is 33.6 Å². The maximum atomic E-state index is 11.6. The highest BCUT2D eigenvalue weighted by atomic mass is 32.1. The molecule has 6 heteroatoms. The molecule has 3 aromatic rings. The van der Waals surface area contributed by atoms with Gasteiger partial charge in [0.25, 0.3) is 0 Å². The molecule has 4 rings (SSSR count). The Balaban J connectivity index is 1.89. The van der Waals surface area contributed by atoms with Crippen LogP contribution in [0.15, 0.2) is 36.0 Å². The summed E-state index contributed by atoms with van der Waals surface area (Å²) in [6, 6.07) is 7.84. The number of benzene rings is 1. The van der Waals surface area contributed by atoms with Crippen molar-refractivity contribution in [3.8, 4) is 11.1 Å². The Hall–Kier alpha value is -2.47. The molecule has 0 amide bonds. The van der Waals surface area contributed by atoms with Gasteiger partial charge in [-0.1, -0.05) is 29.8 Å². The molecule has 1 fully saturated rings. The van der Waals surface area contributed by atoms with Crippen LogP contribution in [0.4, 0.5) is 5.82 Å². The first-order valence-electron chi connectivity index (χ1n) is 7.94. The molecule has 0 unspecified atom stereocenters. The number of thiophene rings is 1. The summed E-state index contributed by atoms with van der Waals surface area (Å²) in [5.41, 5.74) is 3.39. The Morgan fingerprint density at radius 1 is 1.29 bits per heavy atom. The summed E-state index contributed by atoms with van der Waals surface area (Å²) >= 11 is 1.57. The maximum absolute atomic E-state index is 11.6. The van der Waals surface area contributed by atoms with E-state index < -0.39 is 12.0 Å². The van der Waals surface area contributed by atoms with Crippen LogP contribution in [0, 0.1) is 6.92 Å². The number of fused-ring (bicyclic) bond motifs is 1. The van der Waals surface area contributed by atoms with Crippen LogP contribution in [0.1, 0.15) is 18.4 Å². The van der Waals surface area contributed by atoms with Crippen molar-refractivity contribution in [1.82, 2.24) is 9.97 Å². The summed E-state index contributed by atoms with van der Waals surface area (Å²) < 4.78 is 0. The molecule has 1 saturated heterocycles. The number of nitrogens with zero attached hydrogens (tertiary/aromatic N) is 3. The highest BCUT2D eigenvalue weighted by molar-refractivity contribution is 7.17. The summed E-state index contributed by atoms with van der Waals surface area (Å²) in [7, 11) is 0. The highest BCUT2D eigenvalue weighted by Gasteiger charge is 2.33. The van der Waals surface area contributed by atoms with E-state index in [9.17, 15) is 9.90 Å². The molecule has 0 spiro atoms. The third-order valence-corrected chi connectivity index (χ3v) is 5.41. The molecule has 0 bridgehead atoms. The first-order chi connectivity index (χ1) is 11.6. The zero-order valence-electron chi connectivity index (χ0n) is 13.3. The van der Waals surface area contributed by atoms with Crippen molar-refractivity contribution in [2.45, 2.75) is 25.8 Å². The van der Waals surface area contributed by atoms with Crippen LogP contribution in [-0.4, -0.2) is 33.6 Å². The molecule has 3 heterocycles. The van der Waals surface area contributed by atoms with E-state index in [1.54, 1.807) is 11.3 Å². The predicted molar refractivity (Wildman–Crippen MR) is 95.6 cm³/mol. The van der Waals surface area contributed by atoms with Gasteiger partial charge in [0, 0.05) is 17.5 Å². The van der Waals surface area contributed by atoms with Crippen molar-refractivity contribution in [3.05, 3.63) is 41.5 Å². The molecular formula is C18H17N3O2S. The van der Waals surface area contributed by atoms with Gasteiger partial charge in [-0.05, 0) is 25.3 Å². The number of anilines is 1. The molecule has 0 aliphatic carbocycles. The van der Waals surface area contributed by atoms with E-state index in [0.29, 0.717) is 13.0 Å². The van der Waals surface area contributed by atoms with E-state index in [-0.39, 0.29) is 0 Å². The summed E-state index contributed by atoms with van der Waals surface area (Å²) in [6.45, 7) is 2.78. The lowest BCUT2D eigenvalue weighted by Crippen LogP contribution is -2.36. The average Bonchev–Trinajstić information content (AvgIpc) is 3.22. The van der Waals surface area contributed by atoms with Gasteiger partial charge in [0.05, 0.1) is 5.39 Å². The minimum Gasteiger partial charge on any atom is -0.480 e. The first kappa shape index (κ1) is 15.1. The second-order valence-corrected chi connectivity index (χ2v) is 6.94. The largest absolute Gasteiger partial charge is 0.480 e. The Morgan fingerprint density at radius 2 is 2.08 bits per heavy atom. The zero-order chi connectivity index (χ0) is 16.7. The van der Waals surface area contributed by atoms with Crippen LogP contribution in [0.5, 0.6) is 0 Å². The Bertz CT molecular complexity index is 904. The standard InChI is InChI=1S/C18H17N3O2S/c1-11-4-6-12(7-5-11)13-9-24-17-15(13)16(19-10-20-17)21-8-2-3-14(21)18(22)23/h4-7,9-10,14H,2-3,8H2,1H3,(H,22,23)/t14-/m0/s1. The van der Waals surface area contributed by atoms with Crippen molar-refractivity contribution < 1.29 is 9.90 Å². The summed E-state index contributed by atoms with van der Waals surface area (Å²) in [5.74, 6) is -0.0481. The third kappa shape index (κ3) is 2.43. The number of carboxylic acids is 1. The molecule has 1 aliphatic rings. The van der Waals surface area contributed by atoms with Gasteiger partial charge in [-0.3, -0.25) is 0 Å². The van der Waals surface area contributed by atoms with Gasteiger partial charge in [-0.25, -0.2) is 14.8 Å². The quantitative estimate of drug-likeness (QED) is 0.788. The van der Waals surface area contributed by atoms with Crippen molar-refractivity contribution in [2.24, 2.45) is 0 Å². The van der Waals surface area contributed by atoms with Crippen LogP contribution in [-0.2, 0) is 4.79 Å². The summed E-state index contributed by atoms with van der Waals surface area (Å²) in [4.78, 5) is 23.2. The van der Waals surface area contributed by atoms with E-state index in [1.807, 2.05) is 4.90 Å². The number of hydrogen-bond donors (Lipinski definition) is 1. The number of aromatic nitrogens is 2. The van der Waals surface area contributed by atoms with Crippen LogP contribution < -0.4 is 4.90 Å². The van der Waals surface area contributed by atoms with E-state index in [4.69, 9.17) is 0 Å². The van der Waals surface area contributed by atoms with Gasteiger partial charge in [0.15, 0.2) is 0 Å². The normalized spacial score (nSPS) is 17.5. The van der Waals surface area contributed by atoms with E-state index in [1.165, 1.54) is 11.9 Å². The van der Waals surface area contributed by atoms with Gasteiger partial charge in [0.2, 0.25) is 0 Å². The fourth-order valence-corrected chi connectivity index (χ4v) is 4.21. The van der Waals surface area contributed by atoms with Gasteiger partial charge < -0.3 is 10.0 Å². The zero-order valence-corrected chi connectivity index (χ0v) is 14.1. The molecule has 1 N–H and O–H groups in total. The topological polar surface area (TPSA) is 66.3 Å². The molecule has 1 aliphatic heterocycles. The SMILES string of the molecule is Cc1ccc(-c2csc3ncnc(N4CCC[C@H]4C(=O)O)c23)cc1. The number of aryl methyl sites for hydroxylation is 1. The fourth-order valence-electron chi connectivity index (χ4n) is 3.30. The summed E-state index contributed by atoms with van der Waals surface area (Å²) in [5, 5.41) is 12.5. The molecule has 2 aromatic heterocycles.